The number of rotatable bonds is 6. The van der Waals surface area contributed by atoms with Crippen LogP contribution in [0.15, 0.2) is 35.2 Å². The highest BCUT2D eigenvalue weighted by molar-refractivity contribution is 9.10. The van der Waals surface area contributed by atoms with Crippen molar-refractivity contribution >= 4 is 15.9 Å². The topological polar surface area (TPSA) is 47.0 Å². The number of hydrogen-bond donors (Lipinski definition) is 1. The maximum absolute atomic E-state index is 5.93. The molecule has 2 heterocycles. The molecule has 0 atom stereocenters. The molecule has 2 aromatic heterocycles. The average molecular weight is 336 g/mol. The van der Waals surface area contributed by atoms with Crippen LogP contribution in [-0.2, 0) is 6.54 Å². The number of pyridine rings is 2. The summed E-state index contributed by atoms with van der Waals surface area (Å²) in [5.41, 5.74) is 1.98. The van der Waals surface area contributed by atoms with E-state index >= 15 is 0 Å². The summed E-state index contributed by atoms with van der Waals surface area (Å²) in [4.78, 5) is 8.44. The Hall–Kier alpha value is -1.46. The predicted molar refractivity (Wildman–Crippen MR) is 83.0 cm³/mol. The predicted octanol–water partition coefficient (Wildman–Crippen LogP) is 3.84. The first-order valence-corrected chi connectivity index (χ1v) is 7.43. The zero-order valence-corrected chi connectivity index (χ0v) is 13.3. The number of nitrogens with zero attached hydrogens (tertiary/aromatic N) is 2. The van der Waals surface area contributed by atoms with Crippen molar-refractivity contribution in [3.8, 4) is 11.5 Å². The summed E-state index contributed by atoms with van der Waals surface area (Å²) in [5, 5.41) is 3.36. The van der Waals surface area contributed by atoms with E-state index in [9.17, 15) is 0 Å². The Morgan fingerprint density at radius 2 is 2.10 bits per heavy atom. The molecule has 5 heteroatoms. The molecule has 0 aliphatic carbocycles. The molecule has 1 N–H and O–H groups in total. The number of hydrogen-bond acceptors (Lipinski definition) is 4. The van der Waals surface area contributed by atoms with Crippen LogP contribution in [0.1, 0.15) is 24.6 Å². The van der Waals surface area contributed by atoms with Crippen LogP contribution in [0.25, 0.3) is 0 Å². The Labute approximate surface area is 127 Å². The minimum Gasteiger partial charge on any atom is -0.455 e. The van der Waals surface area contributed by atoms with Gasteiger partial charge in [0.05, 0.1) is 6.20 Å². The maximum Gasteiger partial charge on any atom is 0.146 e. The number of aryl methyl sites for hydroxylation is 1. The number of ether oxygens (including phenoxy) is 1. The maximum atomic E-state index is 5.93. The quantitative estimate of drug-likeness (QED) is 0.814. The van der Waals surface area contributed by atoms with Crippen molar-refractivity contribution in [3.63, 3.8) is 0 Å². The summed E-state index contributed by atoms with van der Waals surface area (Å²) in [6.45, 7) is 5.82. The average Bonchev–Trinajstić information content (AvgIpc) is 2.41. The third kappa shape index (κ3) is 4.28. The molecule has 0 fully saturated rings. The molecular weight excluding hydrogens is 318 g/mol. The van der Waals surface area contributed by atoms with Gasteiger partial charge in [-0.05, 0) is 41.9 Å². The lowest BCUT2D eigenvalue weighted by molar-refractivity contribution is 0.468. The molecule has 2 rings (SSSR count). The van der Waals surface area contributed by atoms with E-state index in [4.69, 9.17) is 4.74 Å². The molecular formula is C15H18BrN3O. The van der Waals surface area contributed by atoms with Crippen LogP contribution in [0.5, 0.6) is 11.5 Å². The van der Waals surface area contributed by atoms with Gasteiger partial charge in [0.2, 0.25) is 0 Å². The van der Waals surface area contributed by atoms with Crippen LogP contribution in [0, 0.1) is 6.92 Å². The molecule has 0 radical (unpaired) electrons. The molecule has 0 unspecified atom stereocenters. The first-order valence-electron chi connectivity index (χ1n) is 6.63. The summed E-state index contributed by atoms with van der Waals surface area (Å²) in [5.74, 6) is 1.53. The Balaban J connectivity index is 2.18. The van der Waals surface area contributed by atoms with E-state index in [1.807, 2.05) is 25.3 Å². The molecule has 0 aliphatic rings. The standard InChI is InChI=1S/C15H18BrN3O/c1-3-4-17-7-12-8-19-11(2)5-15(12)20-14-6-13(16)9-18-10-14/h5-6,8-10,17H,3-4,7H2,1-2H3. The summed E-state index contributed by atoms with van der Waals surface area (Å²) in [7, 11) is 0. The SMILES string of the molecule is CCCNCc1cnc(C)cc1Oc1cncc(Br)c1. The second-order valence-electron chi connectivity index (χ2n) is 4.55. The third-order valence-electron chi connectivity index (χ3n) is 2.73. The molecule has 0 bridgehead atoms. The van der Waals surface area contributed by atoms with Gasteiger partial charge in [0.1, 0.15) is 11.5 Å². The molecule has 0 saturated heterocycles. The molecule has 4 nitrogen and oxygen atoms in total. The first-order chi connectivity index (χ1) is 9.69. The number of nitrogens with one attached hydrogen (secondary N) is 1. The van der Waals surface area contributed by atoms with Gasteiger partial charge in [0.15, 0.2) is 0 Å². The van der Waals surface area contributed by atoms with Crippen LogP contribution >= 0.6 is 15.9 Å². The highest BCUT2D eigenvalue weighted by Gasteiger charge is 2.07. The van der Waals surface area contributed by atoms with Gasteiger partial charge in [0, 0.05) is 40.7 Å². The summed E-state index contributed by atoms with van der Waals surface area (Å²) < 4.78 is 6.82. The Bertz CT molecular complexity index is 575. The van der Waals surface area contributed by atoms with E-state index in [2.05, 4.69) is 38.1 Å². The Morgan fingerprint density at radius 3 is 2.85 bits per heavy atom. The number of halogens is 1. The Kier molecular flexibility index (Phi) is 5.49. The van der Waals surface area contributed by atoms with Crippen LogP contribution in [0.2, 0.25) is 0 Å². The fourth-order valence-electron chi connectivity index (χ4n) is 1.77. The minimum atomic E-state index is 0.710. The lowest BCUT2D eigenvalue weighted by Crippen LogP contribution is -2.14. The molecule has 20 heavy (non-hydrogen) atoms. The highest BCUT2D eigenvalue weighted by Crippen LogP contribution is 2.26. The van der Waals surface area contributed by atoms with Gasteiger partial charge in [0.25, 0.3) is 0 Å². The van der Waals surface area contributed by atoms with Crippen molar-refractivity contribution in [1.82, 2.24) is 15.3 Å². The third-order valence-corrected chi connectivity index (χ3v) is 3.16. The molecule has 0 amide bonds. The minimum absolute atomic E-state index is 0.710. The van der Waals surface area contributed by atoms with Gasteiger partial charge in [-0.2, -0.15) is 0 Å². The van der Waals surface area contributed by atoms with Gasteiger partial charge >= 0.3 is 0 Å². The molecule has 0 saturated carbocycles. The van der Waals surface area contributed by atoms with Crippen molar-refractivity contribution < 1.29 is 4.74 Å². The smallest absolute Gasteiger partial charge is 0.146 e. The van der Waals surface area contributed by atoms with E-state index in [1.54, 1.807) is 12.4 Å². The largest absolute Gasteiger partial charge is 0.455 e. The zero-order valence-electron chi connectivity index (χ0n) is 11.7. The first kappa shape index (κ1) is 14.9. The van der Waals surface area contributed by atoms with Crippen LogP contribution in [0.4, 0.5) is 0 Å². The van der Waals surface area contributed by atoms with Gasteiger partial charge in [-0.3, -0.25) is 9.97 Å². The van der Waals surface area contributed by atoms with Crippen LogP contribution < -0.4 is 10.1 Å². The molecule has 0 aliphatic heterocycles. The molecule has 0 aromatic carbocycles. The van der Waals surface area contributed by atoms with Crippen molar-refractivity contribution in [2.24, 2.45) is 0 Å². The van der Waals surface area contributed by atoms with Gasteiger partial charge < -0.3 is 10.1 Å². The van der Waals surface area contributed by atoms with E-state index in [-0.39, 0.29) is 0 Å². The number of aromatic nitrogens is 2. The zero-order chi connectivity index (χ0) is 14.4. The Morgan fingerprint density at radius 1 is 1.25 bits per heavy atom. The normalized spacial score (nSPS) is 10.6. The molecule has 106 valence electrons. The van der Waals surface area contributed by atoms with E-state index in [1.165, 1.54) is 0 Å². The highest BCUT2D eigenvalue weighted by atomic mass is 79.9. The monoisotopic (exact) mass is 335 g/mol. The van der Waals surface area contributed by atoms with E-state index < -0.39 is 0 Å². The lowest BCUT2D eigenvalue weighted by atomic mass is 10.2. The fraction of sp³-hybridized carbons (Fsp3) is 0.333. The summed E-state index contributed by atoms with van der Waals surface area (Å²) in [6, 6.07) is 3.84. The second kappa shape index (κ2) is 7.36. The lowest BCUT2D eigenvalue weighted by Gasteiger charge is -2.12. The second-order valence-corrected chi connectivity index (χ2v) is 5.47. The van der Waals surface area contributed by atoms with Crippen molar-refractivity contribution in [2.45, 2.75) is 26.8 Å². The van der Waals surface area contributed by atoms with Crippen LogP contribution in [-0.4, -0.2) is 16.5 Å². The van der Waals surface area contributed by atoms with Crippen LogP contribution in [0.3, 0.4) is 0 Å². The van der Waals surface area contributed by atoms with Gasteiger partial charge in [-0.1, -0.05) is 6.92 Å². The fourth-order valence-corrected chi connectivity index (χ4v) is 2.11. The van der Waals surface area contributed by atoms with Gasteiger partial charge in [-0.15, -0.1) is 0 Å². The van der Waals surface area contributed by atoms with Crippen molar-refractivity contribution in [2.75, 3.05) is 6.54 Å². The van der Waals surface area contributed by atoms with Gasteiger partial charge in [-0.25, -0.2) is 0 Å². The van der Waals surface area contributed by atoms with E-state index in [0.29, 0.717) is 5.75 Å². The molecule has 0 spiro atoms. The summed E-state index contributed by atoms with van der Waals surface area (Å²) >= 11 is 3.39. The van der Waals surface area contributed by atoms with Crippen molar-refractivity contribution in [3.05, 3.63) is 46.5 Å². The van der Waals surface area contributed by atoms with Crippen molar-refractivity contribution in [1.29, 1.82) is 0 Å². The molecule has 2 aromatic rings. The summed E-state index contributed by atoms with van der Waals surface area (Å²) in [6.07, 6.45) is 6.39. The van der Waals surface area contributed by atoms with E-state index in [0.717, 1.165) is 41.0 Å².